The van der Waals surface area contributed by atoms with Crippen LogP contribution in [0.2, 0.25) is 0 Å². The van der Waals surface area contributed by atoms with Gasteiger partial charge in [-0.3, -0.25) is 4.79 Å². The highest BCUT2D eigenvalue weighted by atomic mass is 32.2. The van der Waals surface area contributed by atoms with Gasteiger partial charge in [0.05, 0.1) is 16.7 Å². The zero-order valence-electron chi connectivity index (χ0n) is 18.0. The number of nitriles is 1. The predicted molar refractivity (Wildman–Crippen MR) is 121 cm³/mol. The molecule has 0 saturated carbocycles. The second kappa shape index (κ2) is 8.76. The fraction of sp³-hybridized carbons (Fsp3) is 0.409. The van der Waals surface area contributed by atoms with Crippen molar-refractivity contribution in [2.24, 2.45) is 0 Å². The highest BCUT2D eigenvalue weighted by molar-refractivity contribution is 7.91. The third kappa shape index (κ3) is 4.13. The number of amides is 1. The SMILES string of the molecule is C[C@@H]1C(=O)N(C)c2ccc(Nc3ccc(S(=O)(=O)CC#N)cc3)nc2N1C1CCOCC1. The molecule has 2 aliphatic rings. The summed E-state index contributed by atoms with van der Waals surface area (Å²) in [6.07, 6.45) is 1.66. The van der Waals surface area contributed by atoms with Crippen LogP contribution in [-0.2, 0) is 19.4 Å². The van der Waals surface area contributed by atoms with Crippen LogP contribution in [0.4, 0.5) is 23.0 Å². The fourth-order valence-electron chi connectivity index (χ4n) is 4.18. The number of hydrogen-bond donors (Lipinski definition) is 1. The first-order valence-corrected chi connectivity index (χ1v) is 12.1. The summed E-state index contributed by atoms with van der Waals surface area (Å²) in [5, 5.41) is 11.9. The molecule has 2 aliphatic heterocycles. The smallest absolute Gasteiger partial charge is 0.249 e. The predicted octanol–water partition coefficient (Wildman–Crippen LogP) is 2.47. The maximum absolute atomic E-state index is 12.8. The molecule has 2 aromatic rings. The van der Waals surface area contributed by atoms with Crippen LogP contribution in [0.1, 0.15) is 19.8 Å². The van der Waals surface area contributed by atoms with Gasteiger partial charge in [-0.2, -0.15) is 5.26 Å². The molecule has 32 heavy (non-hydrogen) atoms. The largest absolute Gasteiger partial charge is 0.381 e. The Kier molecular flexibility index (Phi) is 6.04. The number of hydrogen-bond acceptors (Lipinski definition) is 8. The molecule has 168 valence electrons. The number of nitrogens with zero attached hydrogens (tertiary/aromatic N) is 4. The summed E-state index contributed by atoms with van der Waals surface area (Å²) in [6, 6.07) is 11.4. The van der Waals surface area contributed by atoms with Crippen molar-refractivity contribution in [3.63, 3.8) is 0 Å². The van der Waals surface area contributed by atoms with E-state index in [1.54, 1.807) is 36.2 Å². The second-order valence-corrected chi connectivity index (χ2v) is 9.92. The molecule has 1 saturated heterocycles. The molecular formula is C22H25N5O4S. The minimum Gasteiger partial charge on any atom is -0.381 e. The Hall–Kier alpha value is -3.16. The minimum atomic E-state index is -3.61. The first-order valence-electron chi connectivity index (χ1n) is 10.4. The van der Waals surface area contributed by atoms with Crippen LogP contribution in [0.3, 0.4) is 0 Å². The normalized spacial score (nSPS) is 19.4. The van der Waals surface area contributed by atoms with Gasteiger partial charge in [-0.05, 0) is 56.2 Å². The van der Waals surface area contributed by atoms with Crippen molar-refractivity contribution in [1.82, 2.24) is 4.98 Å². The summed E-state index contributed by atoms with van der Waals surface area (Å²) in [4.78, 5) is 21.5. The van der Waals surface area contributed by atoms with Gasteiger partial charge < -0.3 is 19.9 Å². The monoisotopic (exact) mass is 455 g/mol. The maximum atomic E-state index is 12.8. The lowest BCUT2D eigenvalue weighted by Crippen LogP contribution is -2.56. The van der Waals surface area contributed by atoms with E-state index in [4.69, 9.17) is 15.0 Å². The van der Waals surface area contributed by atoms with Crippen LogP contribution < -0.4 is 15.1 Å². The molecule has 1 amide bonds. The van der Waals surface area contributed by atoms with Crippen molar-refractivity contribution >= 4 is 38.8 Å². The number of sulfone groups is 1. The number of anilines is 4. The first-order chi connectivity index (χ1) is 15.3. The van der Waals surface area contributed by atoms with Gasteiger partial charge in [-0.15, -0.1) is 0 Å². The number of nitrogens with one attached hydrogen (secondary N) is 1. The molecular weight excluding hydrogens is 430 g/mol. The zero-order chi connectivity index (χ0) is 22.9. The molecule has 1 aromatic heterocycles. The van der Waals surface area contributed by atoms with E-state index in [1.165, 1.54) is 12.1 Å². The quantitative estimate of drug-likeness (QED) is 0.731. The van der Waals surface area contributed by atoms with Crippen molar-refractivity contribution < 1.29 is 17.9 Å². The van der Waals surface area contributed by atoms with E-state index in [0.717, 1.165) is 24.3 Å². The lowest BCUT2D eigenvalue weighted by Gasteiger charge is -2.44. The molecule has 1 fully saturated rings. The summed E-state index contributed by atoms with van der Waals surface area (Å²) >= 11 is 0. The first kappa shape index (κ1) is 22.0. The average molecular weight is 456 g/mol. The summed E-state index contributed by atoms with van der Waals surface area (Å²) in [5.74, 6) is 0.798. The van der Waals surface area contributed by atoms with E-state index in [0.29, 0.717) is 24.7 Å². The number of benzene rings is 1. The van der Waals surface area contributed by atoms with E-state index in [1.807, 2.05) is 13.0 Å². The van der Waals surface area contributed by atoms with Crippen molar-refractivity contribution in [1.29, 1.82) is 5.26 Å². The third-order valence-electron chi connectivity index (χ3n) is 5.89. The Morgan fingerprint density at radius 3 is 2.53 bits per heavy atom. The molecule has 10 heteroatoms. The lowest BCUT2D eigenvalue weighted by molar-refractivity contribution is -0.119. The average Bonchev–Trinajstić information content (AvgIpc) is 2.79. The highest BCUT2D eigenvalue weighted by Gasteiger charge is 2.39. The summed E-state index contributed by atoms with van der Waals surface area (Å²) < 4.78 is 29.6. The Labute approximate surface area is 187 Å². The van der Waals surface area contributed by atoms with Crippen molar-refractivity contribution in [2.45, 2.75) is 36.7 Å². The van der Waals surface area contributed by atoms with Gasteiger partial charge in [-0.25, -0.2) is 13.4 Å². The van der Waals surface area contributed by atoms with Crippen LogP contribution in [-0.4, -0.2) is 57.4 Å². The number of carbonyl (C=O) groups is 1. The van der Waals surface area contributed by atoms with Crippen LogP contribution in [0.5, 0.6) is 0 Å². The molecule has 4 rings (SSSR count). The van der Waals surface area contributed by atoms with Gasteiger partial charge in [-0.1, -0.05) is 0 Å². The molecule has 0 spiro atoms. The van der Waals surface area contributed by atoms with Gasteiger partial charge in [0, 0.05) is 32.0 Å². The van der Waals surface area contributed by atoms with Gasteiger partial charge in [0.25, 0.3) is 0 Å². The summed E-state index contributed by atoms with van der Waals surface area (Å²) in [5.41, 5.74) is 1.42. The minimum absolute atomic E-state index is 0.0284. The molecule has 0 unspecified atom stereocenters. The van der Waals surface area contributed by atoms with Gasteiger partial charge in [0.15, 0.2) is 15.7 Å². The third-order valence-corrected chi connectivity index (χ3v) is 7.39. The highest BCUT2D eigenvalue weighted by Crippen LogP contribution is 2.38. The van der Waals surface area contributed by atoms with Crippen LogP contribution in [0.25, 0.3) is 0 Å². The van der Waals surface area contributed by atoms with E-state index in [-0.39, 0.29) is 22.9 Å². The Bertz CT molecular complexity index is 1150. The van der Waals surface area contributed by atoms with Crippen molar-refractivity contribution in [3.05, 3.63) is 36.4 Å². The molecule has 0 bridgehead atoms. The molecule has 9 nitrogen and oxygen atoms in total. The number of likely N-dealkylation sites (N-methyl/N-ethyl adjacent to an activating group) is 1. The van der Waals surface area contributed by atoms with Crippen LogP contribution >= 0.6 is 0 Å². The fourth-order valence-corrected chi connectivity index (χ4v) is 5.07. The van der Waals surface area contributed by atoms with E-state index in [2.05, 4.69) is 10.2 Å². The molecule has 3 heterocycles. The van der Waals surface area contributed by atoms with Gasteiger partial charge in [0.2, 0.25) is 5.91 Å². The summed E-state index contributed by atoms with van der Waals surface area (Å²) in [7, 11) is -1.85. The number of fused-ring (bicyclic) bond motifs is 1. The van der Waals surface area contributed by atoms with Crippen molar-refractivity contribution in [3.8, 4) is 6.07 Å². The molecule has 0 aliphatic carbocycles. The Balaban J connectivity index is 1.63. The van der Waals surface area contributed by atoms with Crippen molar-refractivity contribution in [2.75, 3.05) is 41.1 Å². The number of carbonyl (C=O) groups excluding carboxylic acids is 1. The number of aromatic nitrogens is 1. The van der Waals surface area contributed by atoms with E-state index < -0.39 is 15.6 Å². The van der Waals surface area contributed by atoms with E-state index in [9.17, 15) is 13.2 Å². The van der Waals surface area contributed by atoms with Gasteiger partial charge in [0.1, 0.15) is 17.6 Å². The van der Waals surface area contributed by atoms with Crippen LogP contribution in [0.15, 0.2) is 41.3 Å². The standard InChI is InChI=1S/C22H25N5O4S/c1-15-22(28)26(2)19-7-8-20(25-21(19)27(15)17-9-12-31-13-10-17)24-16-3-5-18(6-4-16)32(29,30)14-11-23/h3-8,15,17H,9-10,12-14H2,1-2H3,(H,24,25)/t15-/m1/s1. The van der Waals surface area contributed by atoms with Gasteiger partial charge >= 0.3 is 0 Å². The molecule has 0 radical (unpaired) electrons. The van der Waals surface area contributed by atoms with E-state index >= 15 is 0 Å². The summed E-state index contributed by atoms with van der Waals surface area (Å²) in [6.45, 7) is 3.22. The number of ether oxygens (including phenoxy) is 1. The maximum Gasteiger partial charge on any atom is 0.249 e. The number of pyridine rings is 1. The Morgan fingerprint density at radius 2 is 1.88 bits per heavy atom. The lowest BCUT2D eigenvalue weighted by atomic mass is 10.0. The van der Waals surface area contributed by atoms with Crippen LogP contribution in [0, 0.1) is 11.3 Å². The molecule has 1 aromatic carbocycles. The topological polar surface area (TPSA) is 116 Å². The zero-order valence-corrected chi connectivity index (χ0v) is 18.8. The molecule has 1 atom stereocenters. The second-order valence-electron chi connectivity index (χ2n) is 7.93. The Morgan fingerprint density at radius 1 is 1.19 bits per heavy atom. The molecule has 1 N–H and O–H groups in total. The number of rotatable bonds is 5.